The van der Waals surface area contributed by atoms with Gasteiger partial charge in [0.05, 0.1) is 5.56 Å². The molecule has 144 valence electrons. The molecule has 3 heterocycles. The van der Waals surface area contributed by atoms with E-state index in [1.54, 1.807) is 17.9 Å². The summed E-state index contributed by atoms with van der Waals surface area (Å²) in [4.78, 5) is 30.4. The summed E-state index contributed by atoms with van der Waals surface area (Å²) in [5.41, 5.74) is 0.802. The van der Waals surface area contributed by atoms with Crippen molar-refractivity contribution >= 4 is 11.8 Å². The van der Waals surface area contributed by atoms with Gasteiger partial charge in [0.2, 0.25) is 0 Å². The summed E-state index contributed by atoms with van der Waals surface area (Å²) in [5.74, 6) is -0.108. The molecule has 2 saturated heterocycles. The van der Waals surface area contributed by atoms with Crippen LogP contribution < -0.4 is 0 Å². The Bertz CT molecular complexity index is 601. The molecule has 2 atom stereocenters. The van der Waals surface area contributed by atoms with Crippen LogP contribution in [-0.2, 0) is 7.05 Å². The van der Waals surface area contributed by atoms with Gasteiger partial charge < -0.3 is 9.80 Å². The van der Waals surface area contributed by atoms with Crippen LogP contribution in [0.15, 0.2) is 6.20 Å². The first-order chi connectivity index (χ1) is 12.6. The van der Waals surface area contributed by atoms with Gasteiger partial charge in [0.25, 0.3) is 11.8 Å². The molecule has 1 aromatic heterocycles. The molecule has 26 heavy (non-hydrogen) atoms. The highest BCUT2D eigenvalue weighted by atomic mass is 16.2. The topological polar surface area (TPSA) is 58.4 Å². The Balaban J connectivity index is 1.87. The fourth-order valence-corrected chi connectivity index (χ4v) is 4.48. The third-order valence-electron chi connectivity index (χ3n) is 5.98. The second-order valence-corrected chi connectivity index (χ2v) is 7.68. The van der Waals surface area contributed by atoms with Crippen molar-refractivity contribution in [2.24, 2.45) is 7.05 Å². The minimum Gasteiger partial charge on any atom is -0.336 e. The molecule has 0 saturated carbocycles. The number of amides is 2. The lowest BCUT2D eigenvalue weighted by Gasteiger charge is -2.36. The first kappa shape index (κ1) is 18.9. The van der Waals surface area contributed by atoms with Crippen LogP contribution in [0.5, 0.6) is 0 Å². The predicted molar refractivity (Wildman–Crippen MR) is 101 cm³/mol. The van der Waals surface area contributed by atoms with Crippen LogP contribution in [0, 0.1) is 0 Å². The molecular formula is C20H32N4O2. The monoisotopic (exact) mass is 360 g/mol. The Labute approximate surface area is 156 Å². The second kappa shape index (κ2) is 8.23. The first-order valence-corrected chi connectivity index (χ1v) is 10.2. The summed E-state index contributed by atoms with van der Waals surface area (Å²) in [6.45, 7) is 5.80. The zero-order valence-corrected chi connectivity index (χ0v) is 16.4. The molecule has 2 aliphatic heterocycles. The SMILES string of the molecule is CCC1CCCCN1C(=O)c1cn(C)nc1C(=O)N1CCCCC1CC. The molecule has 0 bridgehead atoms. The van der Waals surface area contributed by atoms with E-state index in [9.17, 15) is 9.59 Å². The number of aryl methyl sites for hydroxylation is 1. The van der Waals surface area contributed by atoms with Gasteiger partial charge in [-0.15, -0.1) is 0 Å². The number of likely N-dealkylation sites (tertiary alicyclic amines) is 2. The van der Waals surface area contributed by atoms with Gasteiger partial charge in [0.15, 0.2) is 5.69 Å². The molecule has 2 unspecified atom stereocenters. The molecule has 0 N–H and O–H groups in total. The molecule has 3 rings (SSSR count). The maximum atomic E-state index is 13.2. The fraction of sp³-hybridized carbons (Fsp3) is 0.750. The lowest BCUT2D eigenvalue weighted by atomic mass is 9.98. The molecule has 2 amide bonds. The molecule has 2 fully saturated rings. The van der Waals surface area contributed by atoms with Crippen LogP contribution in [0.4, 0.5) is 0 Å². The molecule has 6 nitrogen and oxygen atoms in total. The molecule has 0 radical (unpaired) electrons. The number of nitrogens with zero attached hydrogens (tertiary/aromatic N) is 4. The average Bonchev–Trinajstić information content (AvgIpc) is 3.08. The first-order valence-electron chi connectivity index (χ1n) is 10.2. The van der Waals surface area contributed by atoms with E-state index < -0.39 is 0 Å². The summed E-state index contributed by atoms with van der Waals surface area (Å²) in [7, 11) is 1.79. The number of carbonyl (C=O) groups is 2. The summed E-state index contributed by atoms with van der Waals surface area (Å²) in [6.07, 6.45) is 10.1. The van der Waals surface area contributed by atoms with E-state index in [2.05, 4.69) is 18.9 Å². The summed E-state index contributed by atoms with van der Waals surface area (Å²) < 4.78 is 1.61. The molecule has 0 aromatic carbocycles. The Morgan fingerprint density at radius 1 is 0.962 bits per heavy atom. The second-order valence-electron chi connectivity index (χ2n) is 7.68. The minimum absolute atomic E-state index is 0.0296. The van der Waals surface area contributed by atoms with E-state index >= 15 is 0 Å². The van der Waals surface area contributed by atoms with Crippen molar-refractivity contribution in [3.05, 3.63) is 17.5 Å². The van der Waals surface area contributed by atoms with E-state index in [1.165, 1.54) is 12.8 Å². The highest BCUT2D eigenvalue weighted by molar-refractivity contribution is 6.06. The third kappa shape index (κ3) is 3.64. The zero-order chi connectivity index (χ0) is 18.7. The maximum Gasteiger partial charge on any atom is 0.275 e. The predicted octanol–water partition coefficient (Wildman–Crippen LogP) is 3.23. The fourth-order valence-electron chi connectivity index (χ4n) is 4.48. The van der Waals surface area contributed by atoms with Crippen LogP contribution in [0.3, 0.4) is 0 Å². The molecule has 0 aliphatic carbocycles. The van der Waals surface area contributed by atoms with Crippen LogP contribution in [0.25, 0.3) is 0 Å². The number of hydrogen-bond donors (Lipinski definition) is 0. The number of hydrogen-bond acceptors (Lipinski definition) is 3. The third-order valence-corrected chi connectivity index (χ3v) is 5.98. The van der Waals surface area contributed by atoms with Crippen molar-refractivity contribution in [1.82, 2.24) is 19.6 Å². The van der Waals surface area contributed by atoms with Crippen LogP contribution in [0.2, 0.25) is 0 Å². The van der Waals surface area contributed by atoms with Crippen molar-refractivity contribution < 1.29 is 9.59 Å². The van der Waals surface area contributed by atoms with E-state index in [-0.39, 0.29) is 23.9 Å². The largest absolute Gasteiger partial charge is 0.336 e. The quantitative estimate of drug-likeness (QED) is 0.828. The minimum atomic E-state index is -0.0782. The van der Waals surface area contributed by atoms with Gasteiger partial charge in [0, 0.05) is 38.4 Å². The lowest BCUT2D eigenvalue weighted by molar-refractivity contribution is 0.0564. The van der Waals surface area contributed by atoms with Crippen molar-refractivity contribution in [3.8, 4) is 0 Å². The van der Waals surface area contributed by atoms with E-state index in [4.69, 9.17) is 0 Å². The number of piperidine rings is 2. The Morgan fingerprint density at radius 3 is 2.04 bits per heavy atom. The highest BCUT2D eigenvalue weighted by Crippen LogP contribution is 2.25. The van der Waals surface area contributed by atoms with Crippen molar-refractivity contribution in [1.29, 1.82) is 0 Å². The van der Waals surface area contributed by atoms with Gasteiger partial charge in [-0.25, -0.2) is 0 Å². The molecular weight excluding hydrogens is 328 g/mol. The van der Waals surface area contributed by atoms with Crippen molar-refractivity contribution in [3.63, 3.8) is 0 Å². The van der Waals surface area contributed by atoms with Gasteiger partial charge in [0.1, 0.15) is 0 Å². The van der Waals surface area contributed by atoms with E-state index in [0.29, 0.717) is 11.3 Å². The standard InChI is InChI=1S/C20H32N4O2/c1-4-15-10-6-8-12-23(15)19(25)17-14-22(3)21-18(17)20(26)24-13-9-7-11-16(24)5-2/h14-16H,4-13H2,1-3H3. The Kier molecular flexibility index (Phi) is 5.99. The van der Waals surface area contributed by atoms with E-state index in [1.807, 2.05) is 9.80 Å². The normalized spacial score (nSPS) is 24.0. The number of carbonyl (C=O) groups excluding carboxylic acids is 2. The summed E-state index contributed by atoms with van der Waals surface area (Å²) >= 11 is 0. The van der Waals surface area contributed by atoms with Crippen molar-refractivity contribution in [2.75, 3.05) is 13.1 Å². The van der Waals surface area contributed by atoms with Crippen LogP contribution in [-0.4, -0.2) is 56.6 Å². The highest BCUT2D eigenvalue weighted by Gasteiger charge is 2.34. The smallest absolute Gasteiger partial charge is 0.275 e. The summed E-state index contributed by atoms with van der Waals surface area (Å²) in [6, 6.07) is 0.539. The average molecular weight is 361 g/mol. The van der Waals surface area contributed by atoms with Gasteiger partial charge in [-0.1, -0.05) is 13.8 Å². The molecule has 6 heteroatoms. The van der Waals surface area contributed by atoms with Gasteiger partial charge in [-0.2, -0.15) is 5.10 Å². The van der Waals surface area contributed by atoms with E-state index in [0.717, 1.165) is 51.6 Å². The van der Waals surface area contributed by atoms with Crippen molar-refractivity contribution in [2.45, 2.75) is 77.3 Å². The molecule has 1 aromatic rings. The van der Waals surface area contributed by atoms with Crippen LogP contribution in [0.1, 0.15) is 86.1 Å². The molecule has 0 spiro atoms. The van der Waals surface area contributed by atoms with Gasteiger partial charge in [-0.05, 0) is 51.4 Å². The number of aromatic nitrogens is 2. The van der Waals surface area contributed by atoms with Gasteiger partial charge >= 0.3 is 0 Å². The Hall–Kier alpha value is -1.85. The number of rotatable bonds is 4. The Morgan fingerprint density at radius 2 is 1.50 bits per heavy atom. The van der Waals surface area contributed by atoms with Crippen LogP contribution >= 0.6 is 0 Å². The molecule has 2 aliphatic rings. The summed E-state index contributed by atoms with van der Waals surface area (Å²) in [5, 5.41) is 4.40. The lowest BCUT2D eigenvalue weighted by Crippen LogP contribution is -2.46. The maximum absolute atomic E-state index is 13.2. The zero-order valence-electron chi connectivity index (χ0n) is 16.4. The van der Waals surface area contributed by atoms with Gasteiger partial charge in [-0.3, -0.25) is 14.3 Å².